The first-order chi connectivity index (χ1) is 16.9. The smallest absolute Gasteiger partial charge is 0.264 e. The average molecular weight is 511 g/mol. The molecule has 2 N–H and O–H groups in total. The third kappa shape index (κ3) is 7.24. The minimum atomic E-state index is -3.87. The van der Waals surface area contributed by atoms with Crippen LogP contribution in [0, 0.1) is 11.3 Å². The molecule has 9 nitrogen and oxygen atoms in total. The molecule has 0 saturated carbocycles. The number of aryl methyl sites for hydroxylation is 1. The first-order valence-electron chi connectivity index (χ1n) is 11.1. The standard InChI is InChI=1S/C24H26N6O3S2/c1-3-5-7-18-9-8-17(16-25)23(29-18)34-21(4-2)22(31)28-19-10-12-20(13-11-19)35(32,33)30-24-26-14-6-15-27-24/h6,8-15,21H,3-5,7H2,1-2H3,(H,28,31)(H,26,27,30). The van der Waals surface area contributed by atoms with E-state index in [-0.39, 0.29) is 16.8 Å². The number of hydrogen-bond donors (Lipinski definition) is 2. The van der Waals surface area contributed by atoms with Gasteiger partial charge in [-0.3, -0.25) is 4.79 Å². The number of carbonyl (C=O) groups is 1. The fourth-order valence-corrected chi connectivity index (χ4v) is 5.05. The summed E-state index contributed by atoms with van der Waals surface area (Å²) in [6.45, 7) is 3.99. The first kappa shape index (κ1) is 26.1. The molecule has 3 aromatic rings. The van der Waals surface area contributed by atoms with Crippen LogP contribution in [0.25, 0.3) is 0 Å². The van der Waals surface area contributed by atoms with Crippen LogP contribution in [0.4, 0.5) is 11.6 Å². The second-order valence-electron chi connectivity index (χ2n) is 7.58. The minimum absolute atomic E-state index is 0.0103. The van der Waals surface area contributed by atoms with Gasteiger partial charge in [-0.15, -0.1) is 0 Å². The van der Waals surface area contributed by atoms with Crippen molar-refractivity contribution in [3.8, 4) is 6.07 Å². The average Bonchev–Trinajstić information content (AvgIpc) is 2.86. The maximum atomic E-state index is 12.9. The first-order valence-corrected chi connectivity index (χ1v) is 13.5. The van der Waals surface area contributed by atoms with E-state index >= 15 is 0 Å². The molecule has 0 aliphatic heterocycles. The lowest BCUT2D eigenvalue weighted by molar-refractivity contribution is -0.115. The highest BCUT2D eigenvalue weighted by atomic mass is 32.2. The molecule has 0 saturated heterocycles. The number of nitrogens with zero attached hydrogens (tertiary/aromatic N) is 4. The van der Waals surface area contributed by atoms with Crippen molar-refractivity contribution >= 4 is 39.3 Å². The summed E-state index contributed by atoms with van der Waals surface area (Å²) in [4.78, 5) is 25.3. The number of pyridine rings is 1. The third-order valence-electron chi connectivity index (χ3n) is 4.97. The fraction of sp³-hybridized carbons (Fsp3) is 0.292. The highest BCUT2D eigenvalue weighted by Gasteiger charge is 2.22. The Morgan fingerprint density at radius 2 is 1.83 bits per heavy atom. The zero-order valence-corrected chi connectivity index (χ0v) is 21.1. The fourth-order valence-electron chi connectivity index (χ4n) is 3.08. The Balaban J connectivity index is 1.69. The summed E-state index contributed by atoms with van der Waals surface area (Å²) in [5, 5.41) is 12.3. The Morgan fingerprint density at radius 1 is 1.11 bits per heavy atom. The zero-order chi connectivity index (χ0) is 25.3. The number of nitrogens with one attached hydrogen (secondary N) is 2. The van der Waals surface area contributed by atoms with Crippen molar-refractivity contribution in [3.63, 3.8) is 0 Å². The summed E-state index contributed by atoms with van der Waals surface area (Å²) >= 11 is 1.26. The number of sulfonamides is 1. The number of amides is 1. The van der Waals surface area contributed by atoms with Crippen LogP contribution >= 0.6 is 11.8 Å². The maximum Gasteiger partial charge on any atom is 0.264 e. The molecule has 1 aromatic carbocycles. The summed E-state index contributed by atoms with van der Waals surface area (Å²) in [7, 11) is -3.87. The molecule has 0 aliphatic carbocycles. The van der Waals surface area contributed by atoms with Crippen LogP contribution in [0.2, 0.25) is 0 Å². The Hall–Kier alpha value is -3.49. The predicted molar refractivity (Wildman–Crippen MR) is 135 cm³/mol. The minimum Gasteiger partial charge on any atom is -0.325 e. The van der Waals surface area contributed by atoms with Crippen molar-refractivity contribution < 1.29 is 13.2 Å². The Kier molecular flexibility index (Phi) is 9.17. The molecule has 1 unspecified atom stereocenters. The van der Waals surface area contributed by atoms with Crippen LogP contribution in [-0.2, 0) is 21.2 Å². The van der Waals surface area contributed by atoms with Gasteiger partial charge in [0.05, 0.1) is 15.7 Å². The number of benzene rings is 1. The molecular formula is C24H26N6O3S2. The zero-order valence-electron chi connectivity index (χ0n) is 19.4. The van der Waals surface area contributed by atoms with E-state index in [9.17, 15) is 18.5 Å². The molecule has 182 valence electrons. The number of nitriles is 1. The molecular weight excluding hydrogens is 484 g/mol. The van der Waals surface area contributed by atoms with E-state index in [0.717, 1.165) is 25.0 Å². The van der Waals surface area contributed by atoms with E-state index in [2.05, 4.69) is 38.0 Å². The SMILES string of the molecule is CCCCc1ccc(C#N)c(SC(CC)C(=O)Nc2ccc(S(=O)(=O)Nc3ncccn3)cc2)n1. The van der Waals surface area contributed by atoms with Crippen LogP contribution in [0.15, 0.2) is 64.8 Å². The van der Waals surface area contributed by atoms with E-state index < -0.39 is 15.3 Å². The number of rotatable bonds is 11. The number of hydrogen-bond acceptors (Lipinski definition) is 8. The van der Waals surface area contributed by atoms with E-state index in [0.29, 0.717) is 22.7 Å². The molecule has 0 aliphatic rings. The molecule has 2 aromatic heterocycles. The van der Waals surface area contributed by atoms with Gasteiger partial charge in [-0.25, -0.2) is 28.1 Å². The van der Waals surface area contributed by atoms with Crippen molar-refractivity contribution in [3.05, 3.63) is 66.1 Å². The molecule has 1 amide bonds. The normalized spacial score (nSPS) is 11.9. The summed E-state index contributed by atoms with van der Waals surface area (Å²) in [5.74, 6) is -0.287. The molecule has 0 bridgehead atoms. The van der Waals surface area contributed by atoms with Crippen molar-refractivity contribution in [2.45, 2.75) is 54.7 Å². The van der Waals surface area contributed by atoms with Crippen LogP contribution in [0.3, 0.4) is 0 Å². The topological polar surface area (TPSA) is 138 Å². The highest BCUT2D eigenvalue weighted by Crippen LogP contribution is 2.28. The monoisotopic (exact) mass is 510 g/mol. The van der Waals surface area contributed by atoms with Gasteiger partial charge in [0, 0.05) is 23.8 Å². The molecule has 1 atom stereocenters. The van der Waals surface area contributed by atoms with E-state index in [1.165, 1.54) is 48.4 Å². The van der Waals surface area contributed by atoms with Crippen LogP contribution in [0.1, 0.15) is 44.4 Å². The van der Waals surface area contributed by atoms with Crippen molar-refractivity contribution in [2.75, 3.05) is 10.0 Å². The molecule has 11 heteroatoms. The lowest BCUT2D eigenvalue weighted by atomic mass is 10.2. The van der Waals surface area contributed by atoms with Crippen LogP contribution in [-0.4, -0.2) is 34.5 Å². The van der Waals surface area contributed by atoms with Gasteiger partial charge in [0.2, 0.25) is 11.9 Å². The van der Waals surface area contributed by atoms with Gasteiger partial charge < -0.3 is 5.32 Å². The molecule has 0 radical (unpaired) electrons. The Morgan fingerprint density at radius 3 is 2.46 bits per heavy atom. The van der Waals surface area contributed by atoms with Crippen LogP contribution < -0.4 is 10.0 Å². The van der Waals surface area contributed by atoms with Gasteiger partial charge >= 0.3 is 0 Å². The number of carbonyl (C=O) groups excluding carboxylic acids is 1. The lowest BCUT2D eigenvalue weighted by Gasteiger charge is -2.16. The van der Waals surface area contributed by atoms with Crippen molar-refractivity contribution in [1.29, 1.82) is 5.26 Å². The molecule has 0 fully saturated rings. The second-order valence-corrected chi connectivity index (χ2v) is 10.5. The largest absolute Gasteiger partial charge is 0.325 e. The van der Waals surface area contributed by atoms with Crippen molar-refractivity contribution in [1.82, 2.24) is 15.0 Å². The summed E-state index contributed by atoms with van der Waals surface area (Å²) in [5.41, 5.74) is 1.79. The van der Waals surface area contributed by atoms with Gasteiger partial charge in [-0.1, -0.05) is 32.0 Å². The van der Waals surface area contributed by atoms with Crippen LogP contribution in [0.5, 0.6) is 0 Å². The van der Waals surface area contributed by atoms with Gasteiger partial charge in [-0.2, -0.15) is 5.26 Å². The Bertz CT molecular complexity index is 1290. The predicted octanol–water partition coefficient (Wildman–Crippen LogP) is 4.40. The summed E-state index contributed by atoms with van der Waals surface area (Å²) < 4.78 is 27.4. The van der Waals surface area contributed by atoms with Gasteiger partial charge in [-0.05, 0) is 61.7 Å². The highest BCUT2D eigenvalue weighted by molar-refractivity contribution is 8.00. The quantitative estimate of drug-likeness (QED) is 0.362. The van der Waals surface area contributed by atoms with E-state index in [4.69, 9.17) is 0 Å². The van der Waals surface area contributed by atoms with E-state index in [1.807, 2.05) is 13.0 Å². The van der Waals surface area contributed by atoms with Gasteiger partial charge in [0.25, 0.3) is 10.0 Å². The molecule has 3 rings (SSSR count). The lowest BCUT2D eigenvalue weighted by Crippen LogP contribution is -2.25. The number of aromatic nitrogens is 3. The summed E-state index contributed by atoms with van der Waals surface area (Å²) in [6, 6.07) is 13.1. The van der Waals surface area contributed by atoms with Gasteiger partial charge in [0.1, 0.15) is 11.1 Å². The second kappa shape index (κ2) is 12.3. The Labute approximate surface area is 209 Å². The third-order valence-corrected chi connectivity index (χ3v) is 7.68. The van der Waals surface area contributed by atoms with Gasteiger partial charge in [0.15, 0.2) is 0 Å². The number of anilines is 2. The summed E-state index contributed by atoms with van der Waals surface area (Å²) in [6.07, 6.45) is 6.25. The molecule has 2 heterocycles. The van der Waals surface area contributed by atoms with E-state index in [1.54, 1.807) is 12.1 Å². The van der Waals surface area contributed by atoms with Crippen molar-refractivity contribution in [2.24, 2.45) is 0 Å². The molecule has 35 heavy (non-hydrogen) atoms. The maximum absolute atomic E-state index is 12.9. The number of unbranched alkanes of at least 4 members (excludes halogenated alkanes) is 1. The number of thioether (sulfide) groups is 1. The molecule has 0 spiro atoms.